The van der Waals surface area contributed by atoms with E-state index in [1.165, 1.54) is 173 Å². The molecule has 12 nitrogen and oxygen atoms in total. The number of carboxylic acids is 1. The second-order valence-corrected chi connectivity index (χ2v) is 22.4. The highest BCUT2D eigenvalue weighted by Crippen LogP contribution is 2.27. The van der Waals surface area contributed by atoms with Crippen LogP contribution in [0.4, 0.5) is 0 Å². The van der Waals surface area contributed by atoms with Crippen molar-refractivity contribution in [2.24, 2.45) is 0 Å². The van der Waals surface area contributed by atoms with E-state index in [1.807, 2.05) is 0 Å². The summed E-state index contributed by atoms with van der Waals surface area (Å²) in [4.78, 5) is 51.2. The Kier molecular flexibility index (Phi) is 50.5. The molecule has 1 rings (SSSR count). The molecule has 0 aromatic heterocycles. The smallest absolute Gasteiger partial charge is 0.335 e. The lowest BCUT2D eigenvalue weighted by Gasteiger charge is -2.40. The van der Waals surface area contributed by atoms with Crippen LogP contribution in [0.5, 0.6) is 0 Å². The highest BCUT2D eigenvalue weighted by molar-refractivity contribution is 5.74. The maximum Gasteiger partial charge on any atom is 0.335 e. The van der Waals surface area contributed by atoms with E-state index in [4.69, 9.17) is 23.7 Å². The number of carbonyl (C=O) groups excluding carboxylic acids is 3. The average Bonchev–Trinajstić information content (AvgIpc) is 3.42. The lowest BCUT2D eigenvalue weighted by molar-refractivity contribution is -0.301. The Morgan fingerprint density at radius 1 is 0.429 bits per heavy atom. The van der Waals surface area contributed by atoms with Crippen LogP contribution in [0.15, 0.2) is 24.3 Å². The highest BCUT2D eigenvalue weighted by Gasteiger charge is 2.50. The van der Waals surface area contributed by atoms with Gasteiger partial charge in [0, 0.05) is 19.3 Å². The first-order valence-electron chi connectivity index (χ1n) is 32.3. The van der Waals surface area contributed by atoms with Gasteiger partial charge in [-0.05, 0) is 51.4 Å². The van der Waals surface area contributed by atoms with Crippen LogP contribution in [-0.4, -0.2) is 89.2 Å². The summed E-state index contributed by atoms with van der Waals surface area (Å²) in [6, 6.07) is 0. The maximum atomic E-state index is 13.2. The van der Waals surface area contributed by atoms with Crippen molar-refractivity contribution < 1.29 is 58.2 Å². The Morgan fingerprint density at radius 2 is 0.779 bits per heavy atom. The molecule has 0 aliphatic carbocycles. The minimum atomic E-state index is -1.90. The number of aliphatic carboxylic acids is 1. The first-order valence-corrected chi connectivity index (χ1v) is 32.3. The largest absolute Gasteiger partial charge is 0.479 e. The molecule has 1 aliphatic heterocycles. The first-order chi connectivity index (χ1) is 37.6. The highest BCUT2D eigenvalue weighted by atomic mass is 16.7. The second-order valence-electron chi connectivity index (χ2n) is 22.4. The van der Waals surface area contributed by atoms with Crippen LogP contribution in [0.25, 0.3) is 0 Å². The third-order valence-corrected chi connectivity index (χ3v) is 15.0. The van der Waals surface area contributed by atoms with Crippen LogP contribution >= 0.6 is 0 Å². The zero-order chi connectivity index (χ0) is 56.1. The molecule has 0 aromatic carbocycles. The van der Waals surface area contributed by atoms with Gasteiger partial charge in [-0.2, -0.15) is 0 Å². The van der Waals surface area contributed by atoms with Crippen molar-refractivity contribution in [1.82, 2.24) is 0 Å². The molecule has 450 valence electrons. The summed E-state index contributed by atoms with van der Waals surface area (Å²) in [7, 11) is 0. The molecule has 6 atom stereocenters. The van der Waals surface area contributed by atoms with Crippen molar-refractivity contribution in [3.05, 3.63) is 24.3 Å². The number of rotatable bonds is 56. The molecule has 3 N–H and O–H groups in total. The van der Waals surface area contributed by atoms with Crippen molar-refractivity contribution >= 4 is 23.9 Å². The van der Waals surface area contributed by atoms with Gasteiger partial charge in [0.25, 0.3) is 0 Å². The molecule has 6 unspecified atom stereocenters. The normalized spacial score (nSPS) is 18.1. The van der Waals surface area contributed by atoms with Crippen LogP contribution in [0.2, 0.25) is 0 Å². The SMILES string of the molecule is CCCCC/C=C\C/C=C\CCCCCCCC(=O)OCC(COC1OC(C(=O)O)C(O)C(O)C1OC(=O)CCCCCCCCCCCCCCCCCCCCC)OC(=O)CCCCCCCCCCCCCCC. The number of esters is 3. The molecule has 0 amide bonds. The zero-order valence-corrected chi connectivity index (χ0v) is 49.7. The number of hydrogen-bond acceptors (Lipinski definition) is 11. The van der Waals surface area contributed by atoms with E-state index in [2.05, 4.69) is 45.1 Å². The molecule has 1 aliphatic rings. The number of carboxylic acid groups (broad SMARTS) is 1. The van der Waals surface area contributed by atoms with E-state index in [1.54, 1.807) is 0 Å². The number of hydrogen-bond donors (Lipinski definition) is 3. The van der Waals surface area contributed by atoms with Gasteiger partial charge in [0.2, 0.25) is 0 Å². The summed E-state index contributed by atoms with van der Waals surface area (Å²) in [6.07, 6.45) is 49.9. The third-order valence-electron chi connectivity index (χ3n) is 15.0. The molecule has 77 heavy (non-hydrogen) atoms. The Labute approximate surface area is 470 Å². The second kappa shape index (κ2) is 53.8. The standard InChI is InChI=1S/C65H118O12/c1-4-7-10-13-16-19-22-25-27-28-29-30-32-35-38-41-44-47-50-53-59(68)76-63-61(70)60(69)62(64(71)72)77-65(63)74-55-56(75-58(67)52-49-46-43-40-37-33-24-21-18-15-12-9-6-3)54-73-57(66)51-48-45-42-39-36-34-31-26-23-20-17-14-11-8-5-2/h17,20,26,31,56,60-63,65,69-70H,4-16,18-19,21-25,27-30,32-55H2,1-3H3,(H,71,72)/b20-17-,31-26-. The van der Waals surface area contributed by atoms with Crippen LogP contribution < -0.4 is 0 Å². The predicted molar refractivity (Wildman–Crippen MR) is 313 cm³/mol. The van der Waals surface area contributed by atoms with Gasteiger partial charge >= 0.3 is 23.9 Å². The van der Waals surface area contributed by atoms with Crippen LogP contribution in [-0.2, 0) is 42.9 Å². The molecule has 12 heteroatoms. The van der Waals surface area contributed by atoms with E-state index in [0.29, 0.717) is 19.3 Å². The van der Waals surface area contributed by atoms with Crippen molar-refractivity contribution in [1.29, 1.82) is 0 Å². The number of unbranched alkanes of at least 4 members (excludes halogenated alkanes) is 38. The minimum absolute atomic E-state index is 0.0668. The van der Waals surface area contributed by atoms with E-state index in [-0.39, 0.29) is 25.9 Å². The number of carbonyl (C=O) groups is 4. The fraction of sp³-hybridized carbons (Fsp3) is 0.877. The fourth-order valence-corrected chi connectivity index (χ4v) is 10.0. The van der Waals surface area contributed by atoms with Gasteiger partial charge in [0.15, 0.2) is 24.6 Å². The van der Waals surface area contributed by atoms with Gasteiger partial charge in [-0.15, -0.1) is 0 Å². The van der Waals surface area contributed by atoms with Gasteiger partial charge in [-0.1, -0.05) is 270 Å². The number of allylic oxidation sites excluding steroid dienone is 4. The quantitative estimate of drug-likeness (QED) is 0.0228. The van der Waals surface area contributed by atoms with Gasteiger partial charge in [0.1, 0.15) is 18.8 Å². The Balaban J connectivity index is 2.63. The number of aliphatic hydroxyl groups is 2. The van der Waals surface area contributed by atoms with Gasteiger partial charge in [0.05, 0.1) is 6.61 Å². The molecule has 0 saturated carbocycles. The third kappa shape index (κ3) is 43.7. The molecule has 0 bridgehead atoms. The zero-order valence-electron chi connectivity index (χ0n) is 49.7. The summed E-state index contributed by atoms with van der Waals surface area (Å²) in [5.74, 6) is -3.10. The van der Waals surface area contributed by atoms with Gasteiger partial charge in [-0.3, -0.25) is 14.4 Å². The van der Waals surface area contributed by atoms with Crippen molar-refractivity contribution in [2.45, 2.75) is 353 Å². The van der Waals surface area contributed by atoms with Crippen molar-refractivity contribution in [3.63, 3.8) is 0 Å². The first kappa shape index (κ1) is 72.2. The van der Waals surface area contributed by atoms with Gasteiger partial charge in [-0.25, -0.2) is 4.79 Å². The van der Waals surface area contributed by atoms with E-state index in [9.17, 15) is 34.5 Å². The maximum absolute atomic E-state index is 13.2. The monoisotopic (exact) mass is 1090 g/mol. The van der Waals surface area contributed by atoms with E-state index >= 15 is 0 Å². The van der Waals surface area contributed by atoms with Gasteiger partial charge < -0.3 is 39.0 Å². The molecule has 1 fully saturated rings. The van der Waals surface area contributed by atoms with Crippen LogP contribution in [0.3, 0.4) is 0 Å². The van der Waals surface area contributed by atoms with Crippen molar-refractivity contribution in [3.8, 4) is 0 Å². The summed E-state index contributed by atoms with van der Waals surface area (Å²) in [5, 5.41) is 31.6. The molecule has 0 radical (unpaired) electrons. The van der Waals surface area contributed by atoms with Crippen LogP contribution in [0.1, 0.15) is 316 Å². The summed E-state index contributed by atoms with van der Waals surface area (Å²) < 4.78 is 28.5. The lowest BCUT2D eigenvalue weighted by Crippen LogP contribution is -2.61. The Hall–Kier alpha value is -2.80. The van der Waals surface area contributed by atoms with E-state index in [0.717, 1.165) is 83.5 Å². The van der Waals surface area contributed by atoms with Crippen molar-refractivity contribution in [2.75, 3.05) is 13.2 Å². The average molecular weight is 1090 g/mol. The Morgan fingerprint density at radius 3 is 1.19 bits per heavy atom. The predicted octanol–water partition coefficient (Wildman–Crippen LogP) is 17.0. The molecule has 1 saturated heterocycles. The summed E-state index contributed by atoms with van der Waals surface area (Å²) in [6.45, 7) is 6.00. The summed E-state index contributed by atoms with van der Waals surface area (Å²) in [5.41, 5.74) is 0. The lowest BCUT2D eigenvalue weighted by atomic mass is 9.98. The summed E-state index contributed by atoms with van der Waals surface area (Å²) >= 11 is 0. The number of aliphatic hydroxyl groups excluding tert-OH is 2. The molecule has 1 heterocycles. The molecule has 0 spiro atoms. The van der Waals surface area contributed by atoms with Crippen LogP contribution in [0, 0.1) is 0 Å². The Bertz CT molecular complexity index is 1430. The minimum Gasteiger partial charge on any atom is -0.479 e. The molecular weight excluding hydrogens is 973 g/mol. The fourth-order valence-electron chi connectivity index (χ4n) is 10.0. The van der Waals surface area contributed by atoms with E-state index < -0.39 is 67.3 Å². The number of ether oxygens (including phenoxy) is 5. The topological polar surface area (TPSA) is 175 Å². The molecule has 0 aromatic rings. The molecular formula is C65H118O12.